The summed E-state index contributed by atoms with van der Waals surface area (Å²) in [7, 11) is 0. The Kier molecular flexibility index (Phi) is 11.6. The third-order valence-electron chi connectivity index (χ3n) is 10.3. The molecule has 0 bridgehead atoms. The van der Waals surface area contributed by atoms with Crippen LogP contribution in [0.25, 0.3) is 0 Å². The molecule has 2 aromatic rings. The molecule has 264 valence electrons. The standard InChI is InChI=1S/C35H44F6N4O3/c36-34(37,38)28-15-24(16-29(17-28)35(39,40)41)19-43-33(48)42-18-23-11-13-44(14-12-23)20-27-21-45(22-30(27)25-7-3-1-4-8-25)31(32(46)47)26-9-5-2-6-10-26/h1,3-4,7-8,15-17,23,26-27,30-31H,2,5-6,9-14,18-22H2,(H,46,47)(H2,42,43,48)/t27-,30+,31+/m0/s1. The number of carboxylic acids is 1. The average Bonchev–Trinajstić information content (AvgIpc) is 3.46. The van der Waals surface area contributed by atoms with Gasteiger partial charge in [-0.05, 0) is 85.9 Å². The largest absolute Gasteiger partial charge is 0.480 e. The van der Waals surface area contributed by atoms with E-state index in [1.54, 1.807) is 0 Å². The highest BCUT2D eigenvalue weighted by atomic mass is 19.4. The maximum atomic E-state index is 13.2. The highest BCUT2D eigenvalue weighted by Gasteiger charge is 2.43. The van der Waals surface area contributed by atoms with E-state index in [0.29, 0.717) is 18.7 Å². The molecular formula is C35H44F6N4O3. The van der Waals surface area contributed by atoms with Gasteiger partial charge < -0.3 is 20.6 Å². The molecule has 1 aliphatic carbocycles. The van der Waals surface area contributed by atoms with Crippen molar-refractivity contribution in [1.82, 2.24) is 20.4 Å². The number of amides is 2. The summed E-state index contributed by atoms with van der Waals surface area (Å²) in [4.78, 5) is 29.5. The Morgan fingerprint density at radius 1 is 0.833 bits per heavy atom. The number of piperidine rings is 1. The van der Waals surface area contributed by atoms with Crippen LogP contribution < -0.4 is 10.6 Å². The van der Waals surface area contributed by atoms with Crippen molar-refractivity contribution in [3.63, 3.8) is 0 Å². The number of urea groups is 1. The highest BCUT2D eigenvalue weighted by Crippen LogP contribution is 2.39. The fraction of sp³-hybridized carbons (Fsp3) is 0.600. The Morgan fingerprint density at radius 2 is 1.46 bits per heavy atom. The van der Waals surface area contributed by atoms with Crippen LogP contribution in [0.1, 0.15) is 73.1 Å². The van der Waals surface area contributed by atoms with Crippen LogP contribution >= 0.6 is 0 Å². The molecule has 5 rings (SSSR count). The smallest absolute Gasteiger partial charge is 0.416 e. The van der Waals surface area contributed by atoms with Gasteiger partial charge in [-0.15, -0.1) is 0 Å². The SMILES string of the molecule is O=C(NCc1cc(C(F)(F)F)cc(C(F)(F)F)c1)NCC1CCN(C[C@H]2CN([C@@H](C(=O)O)C3CCCCC3)C[C@@H]2c2ccccc2)CC1. The lowest BCUT2D eigenvalue weighted by molar-refractivity contribution is -0.146. The number of carboxylic acid groups (broad SMARTS) is 1. The van der Waals surface area contributed by atoms with E-state index in [9.17, 15) is 41.0 Å². The van der Waals surface area contributed by atoms with E-state index in [2.05, 4.69) is 32.6 Å². The number of nitrogens with zero attached hydrogens (tertiary/aromatic N) is 2. The number of halogens is 6. The van der Waals surface area contributed by atoms with Gasteiger partial charge in [0.1, 0.15) is 6.04 Å². The molecule has 0 spiro atoms. The molecule has 0 radical (unpaired) electrons. The highest BCUT2D eigenvalue weighted by molar-refractivity contribution is 5.74. The number of carbonyl (C=O) groups excluding carboxylic acids is 1. The Hall–Kier alpha value is -3.32. The predicted molar refractivity (Wildman–Crippen MR) is 168 cm³/mol. The molecule has 2 amide bonds. The Labute approximate surface area is 277 Å². The van der Waals surface area contributed by atoms with Crippen LogP contribution in [0.4, 0.5) is 31.1 Å². The van der Waals surface area contributed by atoms with Crippen molar-refractivity contribution in [2.45, 2.75) is 75.8 Å². The number of alkyl halides is 6. The van der Waals surface area contributed by atoms with Crippen molar-refractivity contribution in [3.8, 4) is 0 Å². The van der Waals surface area contributed by atoms with Gasteiger partial charge in [-0.25, -0.2) is 4.79 Å². The van der Waals surface area contributed by atoms with Gasteiger partial charge in [-0.2, -0.15) is 26.3 Å². The molecule has 2 aliphatic heterocycles. The van der Waals surface area contributed by atoms with E-state index in [1.165, 1.54) is 12.0 Å². The van der Waals surface area contributed by atoms with Gasteiger partial charge in [0.2, 0.25) is 0 Å². The first kappa shape index (κ1) is 36.0. The summed E-state index contributed by atoms with van der Waals surface area (Å²) in [6, 6.07) is 10.4. The second-order valence-corrected chi connectivity index (χ2v) is 13.6. The third-order valence-corrected chi connectivity index (χ3v) is 10.3. The van der Waals surface area contributed by atoms with E-state index in [4.69, 9.17) is 0 Å². The van der Waals surface area contributed by atoms with Gasteiger partial charge in [0.05, 0.1) is 11.1 Å². The number of likely N-dealkylation sites (tertiary alicyclic amines) is 2. The number of hydrogen-bond acceptors (Lipinski definition) is 4. The maximum Gasteiger partial charge on any atom is 0.416 e. The molecule has 7 nitrogen and oxygen atoms in total. The van der Waals surface area contributed by atoms with Gasteiger partial charge in [-0.1, -0.05) is 49.6 Å². The summed E-state index contributed by atoms with van der Waals surface area (Å²) in [6.07, 6.45) is -3.04. The predicted octanol–water partition coefficient (Wildman–Crippen LogP) is 6.98. The van der Waals surface area contributed by atoms with Gasteiger partial charge in [0, 0.05) is 38.6 Å². The van der Waals surface area contributed by atoms with Crippen molar-refractivity contribution in [2.75, 3.05) is 39.3 Å². The molecule has 3 N–H and O–H groups in total. The number of rotatable bonds is 10. The van der Waals surface area contributed by atoms with E-state index in [-0.39, 0.29) is 35.3 Å². The van der Waals surface area contributed by atoms with E-state index in [0.717, 1.165) is 71.2 Å². The fourth-order valence-corrected chi connectivity index (χ4v) is 7.81. The third kappa shape index (κ3) is 9.43. The van der Waals surface area contributed by atoms with Crippen molar-refractivity contribution in [1.29, 1.82) is 0 Å². The van der Waals surface area contributed by atoms with Crippen LogP contribution in [0.5, 0.6) is 0 Å². The maximum absolute atomic E-state index is 13.2. The first-order valence-corrected chi connectivity index (χ1v) is 16.8. The van der Waals surface area contributed by atoms with Crippen molar-refractivity contribution < 1.29 is 41.0 Å². The number of nitrogens with one attached hydrogen (secondary N) is 2. The van der Waals surface area contributed by atoms with E-state index >= 15 is 0 Å². The zero-order chi connectivity index (χ0) is 34.5. The van der Waals surface area contributed by atoms with Crippen LogP contribution in [0.3, 0.4) is 0 Å². The van der Waals surface area contributed by atoms with Gasteiger partial charge in [0.15, 0.2) is 0 Å². The summed E-state index contributed by atoms with van der Waals surface area (Å²) in [6.45, 7) is 3.75. The van der Waals surface area contributed by atoms with Crippen LogP contribution in [-0.4, -0.2) is 72.2 Å². The molecule has 2 heterocycles. The quantitative estimate of drug-likeness (QED) is 0.236. The molecule has 0 aromatic heterocycles. The molecule has 3 atom stereocenters. The minimum Gasteiger partial charge on any atom is -0.480 e. The minimum atomic E-state index is -4.96. The molecule has 2 saturated heterocycles. The van der Waals surface area contributed by atoms with Crippen molar-refractivity contribution in [2.24, 2.45) is 17.8 Å². The number of hydrogen-bond donors (Lipinski definition) is 3. The van der Waals surface area contributed by atoms with Crippen LogP contribution in [0.15, 0.2) is 48.5 Å². The van der Waals surface area contributed by atoms with Gasteiger partial charge >= 0.3 is 24.4 Å². The molecule has 0 unspecified atom stereocenters. The van der Waals surface area contributed by atoms with Crippen LogP contribution in [-0.2, 0) is 23.7 Å². The van der Waals surface area contributed by atoms with E-state index < -0.39 is 48.1 Å². The Balaban J connectivity index is 1.12. The molecule has 3 aliphatic rings. The average molecular weight is 683 g/mol. The normalized spacial score (nSPS) is 22.8. The van der Waals surface area contributed by atoms with Crippen LogP contribution in [0, 0.1) is 17.8 Å². The monoisotopic (exact) mass is 682 g/mol. The lowest BCUT2D eigenvalue weighted by Crippen LogP contribution is -2.46. The second kappa shape index (κ2) is 15.5. The number of benzene rings is 2. The molecular weight excluding hydrogens is 638 g/mol. The molecule has 3 fully saturated rings. The van der Waals surface area contributed by atoms with Gasteiger partial charge in [0.25, 0.3) is 0 Å². The Morgan fingerprint density at radius 3 is 2.04 bits per heavy atom. The fourth-order valence-electron chi connectivity index (χ4n) is 7.81. The second-order valence-electron chi connectivity index (χ2n) is 13.6. The first-order chi connectivity index (χ1) is 22.8. The lowest BCUT2D eigenvalue weighted by Gasteiger charge is -2.35. The zero-order valence-corrected chi connectivity index (χ0v) is 26.8. The summed E-state index contributed by atoms with van der Waals surface area (Å²) < 4.78 is 78.9. The molecule has 1 saturated carbocycles. The lowest BCUT2D eigenvalue weighted by atomic mass is 9.83. The molecule has 13 heteroatoms. The van der Waals surface area contributed by atoms with E-state index in [1.807, 2.05) is 18.2 Å². The number of carbonyl (C=O) groups is 2. The van der Waals surface area contributed by atoms with Crippen LogP contribution in [0.2, 0.25) is 0 Å². The zero-order valence-electron chi connectivity index (χ0n) is 26.8. The van der Waals surface area contributed by atoms with Crippen molar-refractivity contribution in [3.05, 3.63) is 70.8 Å². The summed E-state index contributed by atoms with van der Waals surface area (Å²) >= 11 is 0. The molecule has 48 heavy (non-hydrogen) atoms. The summed E-state index contributed by atoms with van der Waals surface area (Å²) in [5.41, 5.74) is -1.92. The minimum absolute atomic E-state index is 0.0603. The molecule has 2 aromatic carbocycles. The summed E-state index contributed by atoms with van der Waals surface area (Å²) in [5.74, 6) is 0.114. The number of aliphatic carboxylic acids is 1. The topological polar surface area (TPSA) is 84.9 Å². The first-order valence-electron chi connectivity index (χ1n) is 16.8. The Bertz CT molecular complexity index is 1340. The van der Waals surface area contributed by atoms with Gasteiger partial charge in [-0.3, -0.25) is 9.69 Å². The van der Waals surface area contributed by atoms with Crippen molar-refractivity contribution >= 4 is 12.0 Å². The summed E-state index contributed by atoms with van der Waals surface area (Å²) in [5, 5.41) is 15.4.